The molecule has 0 radical (unpaired) electrons. The molecular formula is C25H27N3O3S. The van der Waals surface area contributed by atoms with Crippen LogP contribution in [-0.4, -0.2) is 47.7 Å². The molecule has 7 heteroatoms. The molecule has 1 saturated heterocycles. The van der Waals surface area contributed by atoms with Gasteiger partial charge < -0.3 is 15.0 Å². The van der Waals surface area contributed by atoms with Crippen LogP contribution in [0.15, 0.2) is 59.5 Å². The van der Waals surface area contributed by atoms with Crippen LogP contribution >= 0.6 is 11.8 Å². The van der Waals surface area contributed by atoms with Crippen molar-refractivity contribution in [3.05, 3.63) is 60.2 Å². The molecule has 3 aromatic rings. The van der Waals surface area contributed by atoms with Gasteiger partial charge >= 0.3 is 5.97 Å². The molecule has 0 saturated carbocycles. The van der Waals surface area contributed by atoms with Crippen LogP contribution in [0, 0.1) is 5.92 Å². The molecule has 0 unspecified atom stereocenters. The maximum absolute atomic E-state index is 13.6. The summed E-state index contributed by atoms with van der Waals surface area (Å²) in [5.74, 6) is 0.0380. The number of aromatic nitrogens is 1. The quantitative estimate of drug-likeness (QED) is 0.416. The lowest BCUT2D eigenvalue weighted by Gasteiger charge is -2.32. The van der Waals surface area contributed by atoms with E-state index in [1.54, 1.807) is 23.6 Å². The van der Waals surface area contributed by atoms with Gasteiger partial charge in [0.05, 0.1) is 23.6 Å². The number of anilines is 2. The topological polar surface area (TPSA) is 71.5 Å². The summed E-state index contributed by atoms with van der Waals surface area (Å²) < 4.78 is 5.19. The second-order valence-corrected chi connectivity index (χ2v) is 8.65. The number of likely N-dealkylation sites (tertiary alicyclic amines) is 1. The molecule has 2 aromatic carbocycles. The van der Waals surface area contributed by atoms with Crippen molar-refractivity contribution in [2.24, 2.45) is 5.92 Å². The molecule has 1 N–H and O–H groups in total. The molecule has 1 aromatic heterocycles. The predicted molar refractivity (Wildman–Crippen MR) is 129 cm³/mol. The fraction of sp³-hybridized carbons (Fsp3) is 0.320. The molecule has 166 valence electrons. The number of nitrogens with one attached hydrogen (secondary N) is 1. The maximum Gasteiger partial charge on any atom is 0.310 e. The summed E-state index contributed by atoms with van der Waals surface area (Å²) in [6.07, 6.45) is 3.56. The minimum Gasteiger partial charge on any atom is -0.466 e. The number of hydrogen-bond acceptors (Lipinski definition) is 6. The number of rotatable bonds is 6. The SMILES string of the molecule is CCOC(=O)[C@@H]1CCCN(C(=O)c2cc(Nc3cccc(SC)c3)nc3ccccc23)C1. The Labute approximate surface area is 192 Å². The number of fused-ring (bicyclic) bond motifs is 1. The first kappa shape index (κ1) is 22.1. The third-order valence-corrected chi connectivity index (χ3v) is 6.34. The molecule has 4 rings (SSSR count). The fourth-order valence-corrected chi connectivity index (χ4v) is 4.51. The van der Waals surface area contributed by atoms with E-state index in [1.165, 1.54) is 0 Å². The Hall–Kier alpha value is -3.06. The number of ether oxygens (including phenoxy) is 1. The van der Waals surface area contributed by atoms with Gasteiger partial charge in [0.1, 0.15) is 5.82 Å². The second kappa shape index (κ2) is 10.0. The number of piperidine rings is 1. The van der Waals surface area contributed by atoms with Crippen molar-refractivity contribution in [2.45, 2.75) is 24.7 Å². The Morgan fingerprint density at radius 3 is 2.84 bits per heavy atom. The van der Waals surface area contributed by atoms with Crippen molar-refractivity contribution in [2.75, 3.05) is 31.3 Å². The molecule has 6 nitrogen and oxygen atoms in total. The van der Waals surface area contributed by atoms with Gasteiger partial charge in [0, 0.05) is 29.1 Å². The first-order chi connectivity index (χ1) is 15.6. The summed E-state index contributed by atoms with van der Waals surface area (Å²) in [6.45, 7) is 3.16. The fourth-order valence-electron chi connectivity index (χ4n) is 4.05. The van der Waals surface area contributed by atoms with Gasteiger partial charge in [-0.2, -0.15) is 0 Å². The van der Waals surface area contributed by atoms with Gasteiger partial charge in [-0.15, -0.1) is 11.8 Å². The Bertz CT molecular complexity index is 1130. The number of hydrogen-bond donors (Lipinski definition) is 1. The van der Waals surface area contributed by atoms with Gasteiger partial charge in [-0.25, -0.2) is 4.98 Å². The zero-order valence-electron chi connectivity index (χ0n) is 18.3. The highest BCUT2D eigenvalue weighted by Crippen LogP contribution is 2.28. The third kappa shape index (κ3) is 4.88. The average molecular weight is 450 g/mol. The summed E-state index contributed by atoms with van der Waals surface area (Å²) in [4.78, 5) is 33.4. The standard InChI is InChI=1S/C25H27N3O3S/c1-3-31-25(30)17-8-7-13-28(16-17)24(29)21-15-23(27-22-12-5-4-11-20(21)22)26-18-9-6-10-19(14-18)32-2/h4-6,9-12,14-15,17H,3,7-8,13,16H2,1-2H3,(H,26,27)/t17-/m1/s1. The van der Waals surface area contributed by atoms with E-state index in [2.05, 4.69) is 17.4 Å². The largest absolute Gasteiger partial charge is 0.466 e. The van der Waals surface area contributed by atoms with Crippen molar-refractivity contribution in [3.63, 3.8) is 0 Å². The van der Waals surface area contributed by atoms with E-state index in [-0.39, 0.29) is 17.8 Å². The molecule has 0 aliphatic carbocycles. The molecule has 1 aliphatic rings. The van der Waals surface area contributed by atoms with Gasteiger partial charge in [-0.1, -0.05) is 24.3 Å². The van der Waals surface area contributed by atoms with E-state index < -0.39 is 0 Å². The van der Waals surface area contributed by atoms with Crippen LogP contribution in [0.5, 0.6) is 0 Å². The van der Waals surface area contributed by atoms with Gasteiger partial charge in [-0.05, 0) is 56.4 Å². The number of carbonyl (C=O) groups excluding carboxylic acids is 2. The number of carbonyl (C=O) groups is 2. The summed E-state index contributed by atoms with van der Waals surface area (Å²) in [7, 11) is 0. The van der Waals surface area contributed by atoms with Crippen LogP contribution in [0.25, 0.3) is 10.9 Å². The number of para-hydroxylation sites is 1. The molecule has 1 fully saturated rings. The minimum atomic E-state index is -0.271. The Kier molecular flexibility index (Phi) is 6.95. The van der Waals surface area contributed by atoms with E-state index in [9.17, 15) is 9.59 Å². The van der Waals surface area contributed by atoms with Crippen molar-refractivity contribution in [3.8, 4) is 0 Å². The molecule has 0 bridgehead atoms. The predicted octanol–water partition coefficient (Wildman–Crippen LogP) is 5.12. The Morgan fingerprint density at radius 1 is 1.19 bits per heavy atom. The first-order valence-electron chi connectivity index (χ1n) is 10.9. The second-order valence-electron chi connectivity index (χ2n) is 7.77. The summed E-state index contributed by atoms with van der Waals surface area (Å²) in [5.41, 5.74) is 2.25. The number of nitrogens with zero attached hydrogens (tertiary/aromatic N) is 2. The van der Waals surface area contributed by atoms with Gasteiger partial charge in [0.2, 0.25) is 0 Å². The third-order valence-electron chi connectivity index (χ3n) is 5.62. The number of pyridine rings is 1. The smallest absolute Gasteiger partial charge is 0.310 e. The lowest BCUT2D eigenvalue weighted by molar-refractivity contribution is -0.149. The molecule has 32 heavy (non-hydrogen) atoms. The van der Waals surface area contributed by atoms with Crippen LogP contribution in [0.3, 0.4) is 0 Å². The van der Waals surface area contributed by atoms with Crippen LogP contribution in [0.1, 0.15) is 30.1 Å². The highest BCUT2D eigenvalue weighted by Gasteiger charge is 2.30. The Morgan fingerprint density at radius 2 is 2.03 bits per heavy atom. The maximum atomic E-state index is 13.6. The lowest BCUT2D eigenvalue weighted by atomic mass is 9.97. The normalized spacial score (nSPS) is 16.1. The van der Waals surface area contributed by atoms with Gasteiger partial charge in [0.25, 0.3) is 5.91 Å². The van der Waals surface area contributed by atoms with Crippen LogP contribution in [0.2, 0.25) is 0 Å². The van der Waals surface area contributed by atoms with E-state index in [0.717, 1.165) is 34.3 Å². The van der Waals surface area contributed by atoms with Gasteiger partial charge in [0.15, 0.2) is 0 Å². The monoisotopic (exact) mass is 449 g/mol. The van der Waals surface area contributed by atoms with Crippen molar-refractivity contribution in [1.29, 1.82) is 0 Å². The molecule has 1 atom stereocenters. The molecule has 1 aliphatic heterocycles. The molecule has 0 spiro atoms. The minimum absolute atomic E-state index is 0.0847. The summed E-state index contributed by atoms with van der Waals surface area (Å²) in [6, 6.07) is 17.5. The Balaban J connectivity index is 1.65. The number of esters is 1. The van der Waals surface area contributed by atoms with E-state index in [4.69, 9.17) is 9.72 Å². The summed E-state index contributed by atoms with van der Waals surface area (Å²) >= 11 is 1.67. The average Bonchev–Trinajstić information content (AvgIpc) is 2.83. The van der Waals surface area contributed by atoms with Crippen molar-refractivity contribution < 1.29 is 14.3 Å². The van der Waals surface area contributed by atoms with E-state index in [0.29, 0.717) is 31.1 Å². The highest BCUT2D eigenvalue weighted by molar-refractivity contribution is 7.98. The molecule has 2 heterocycles. The number of amides is 1. The van der Waals surface area contributed by atoms with E-state index >= 15 is 0 Å². The van der Waals surface area contributed by atoms with Gasteiger partial charge in [-0.3, -0.25) is 9.59 Å². The highest BCUT2D eigenvalue weighted by atomic mass is 32.2. The first-order valence-corrected chi connectivity index (χ1v) is 12.1. The van der Waals surface area contributed by atoms with Crippen LogP contribution in [0.4, 0.5) is 11.5 Å². The van der Waals surface area contributed by atoms with Crippen LogP contribution < -0.4 is 5.32 Å². The van der Waals surface area contributed by atoms with E-state index in [1.807, 2.05) is 48.7 Å². The molecule has 1 amide bonds. The summed E-state index contributed by atoms with van der Waals surface area (Å²) in [5, 5.41) is 4.15. The van der Waals surface area contributed by atoms with Crippen molar-refractivity contribution in [1.82, 2.24) is 9.88 Å². The zero-order valence-corrected chi connectivity index (χ0v) is 19.2. The number of benzene rings is 2. The van der Waals surface area contributed by atoms with Crippen molar-refractivity contribution >= 4 is 46.0 Å². The number of thioether (sulfide) groups is 1. The van der Waals surface area contributed by atoms with Crippen LogP contribution in [-0.2, 0) is 9.53 Å². The lowest BCUT2D eigenvalue weighted by Crippen LogP contribution is -2.42. The molecular weight excluding hydrogens is 422 g/mol. The zero-order chi connectivity index (χ0) is 22.5.